The summed E-state index contributed by atoms with van der Waals surface area (Å²) in [4.78, 5) is 43.3. The van der Waals surface area contributed by atoms with Crippen LogP contribution in [-0.2, 0) is 20.9 Å². The lowest BCUT2D eigenvalue weighted by atomic mass is 9.97. The molecule has 4 rings (SSSR count). The van der Waals surface area contributed by atoms with E-state index in [4.69, 9.17) is 4.74 Å². The van der Waals surface area contributed by atoms with Gasteiger partial charge in [-0.05, 0) is 30.7 Å². The molecule has 0 saturated carbocycles. The molecule has 0 aliphatic carbocycles. The second-order valence-corrected chi connectivity index (χ2v) is 9.61. The van der Waals surface area contributed by atoms with Crippen LogP contribution < -0.4 is 5.32 Å². The van der Waals surface area contributed by atoms with Crippen molar-refractivity contribution in [2.75, 3.05) is 33.3 Å². The Morgan fingerprint density at radius 2 is 1.97 bits per heavy atom. The van der Waals surface area contributed by atoms with Crippen molar-refractivity contribution in [2.24, 2.45) is 5.92 Å². The highest BCUT2D eigenvalue weighted by Gasteiger charge is 2.51. The van der Waals surface area contributed by atoms with Gasteiger partial charge in [-0.1, -0.05) is 44.2 Å². The smallest absolute Gasteiger partial charge is 0.334 e. The van der Waals surface area contributed by atoms with Gasteiger partial charge in [-0.3, -0.25) is 9.59 Å². The minimum Gasteiger partial charge on any atom is -0.376 e. The molecule has 33 heavy (non-hydrogen) atoms. The average Bonchev–Trinajstić information content (AvgIpc) is 3.28. The quantitative estimate of drug-likeness (QED) is 0.702. The molecule has 3 heterocycles. The molecule has 1 aromatic carbocycles. The fourth-order valence-corrected chi connectivity index (χ4v) is 5.03. The zero-order chi connectivity index (χ0) is 23.5. The van der Waals surface area contributed by atoms with Crippen molar-refractivity contribution in [3.8, 4) is 0 Å². The Hall–Kier alpha value is -2.65. The van der Waals surface area contributed by atoms with E-state index in [-0.39, 0.29) is 43.0 Å². The van der Waals surface area contributed by atoms with Gasteiger partial charge in [0.15, 0.2) is 0 Å². The lowest BCUT2D eigenvalue weighted by Crippen LogP contribution is -2.76. The van der Waals surface area contributed by atoms with Gasteiger partial charge in [0, 0.05) is 26.7 Å². The molecule has 1 unspecified atom stereocenters. The number of hydrogen-bond donors (Lipinski definition) is 1. The summed E-state index contributed by atoms with van der Waals surface area (Å²) < 4.78 is 5.78. The van der Waals surface area contributed by atoms with Crippen molar-refractivity contribution >= 4 is 17.8 Å². The van der Waals surface area contributed by atoms with Crippen molar-refractivity contribution in [3.63, 3.8) is 0 Å². The number of carbonyl (C=O) groups is 3. The Morgan fingerprint density at radius 1 is 1.21 bits per heavy atom. The molecular weight excluding hydrogens is 422 g/mol. The lowest BCUT2D eigenvalue weighted by molar-refractivity contribution is -0.189. The monoisotopic (exact) mass is 457 g/mol. The number of nitrogens with zero attached hydrogens (tertiary/aromatic N) is 4. The number of nitrogens with one attached hydrogen (secondary N) is 1. The number of urea groups is 1. The normalized spacial score (nSPS) is 26.2. The molecule has 1 N–H and O–H groups in total. The van der Waals surface area contributed by atoms with Crippen LogP contribution in [0.15, 0.2) is 30.3 Å². The summed E-state index contributed by atoms with van der Waals surface area (Å²) in [5.41, 5.74) is 0.995. The Labute approximate surface area is 195 Å². The Bertz CT molecular complexity index is 858. The third kappa shape index (κ3) is 5.14. The van der Waals surface area contributed by atoms with Gasteiger partial charge < -0.3 is 19.9 Å². The maximum atomic E-state index is 13.5. The van der Waals surface area contributed by atoms with Crippen molar-refractivity contribution in [2.45, 2.75) is 58.0 Å². The fraction of sp³-hybridized carbons (Fsp3) is 0.625. The molecule has 3 atom stereocenters. The summed E-state index contributed by atoms with van der Waals surface area (Å²) >= 11 is 0. The molecule has 180 valence electrons. The van der Waals surface area contributed by atoms with Gasteiger partial charge in [0.2, 0.25) is 11.8 Å². The lowest BCUT2D eigenvalue weighted by Gasteiger charge is -2.54. The number of fused-ring (bicyclic) bond motifs is 1. The SMILES string of the molecule is CC(C)C[C@H]1C(=O)N(CC2CCCO2)C[C@H]2N1C(=O)CN(C)N2C(=O)NCc1ccccc1. The first kappa shape index (κ1) is 23.5. The number of likely N-dealkylation sites (N-methyl/N-ethyl adjacent to an activating group) is 1. The molecule has 9 heteroatoms. The fourth-order valence-electron chi connectivity index (χ4n) is 5.03. The number of benzene rings is 1. The molecule has 4 amide bonds. The van der Waals surface area contributed by atoms with Gasteiger partial charge in [-0.15, -0.1) is 0 Å². The third-order valence-electron chi connectivity index (χ3n) is 6.58. The molecule has 0 bridgehead atoms. The molecule has 1 aromatic rings. The van der Waals surface area contributed by atoms with Crippen LogP contribution in [-0.4, -0.2) is 89.3 Å². The number of ether oxygens (including phenoxy) is 1. The third-order valence-corrected chi connectivity index (χ3v) is 6.58. The maximum absolute atomic E-state index is 13.5. The standard InChI is InChI=1S/C24H35N5O4/c1-17(2)12-20-23(31)27(14-19-10-7-11-33-19)15-21-28(20)22(30)16-26(3)29(21)24(32)25-13-18-8-5-4-6-9-18/h4-6,8-9,17,19-21H,7,10-16H2,1-3H3,(H,25,32)/t19?,20-,21-/m0/s1. The van der Waals surface area contributed by atoms with Gasteiger partial charge in [-0.2, -0.15) is 0 Å². The van der Waals surface area contributed by atoms with Crippen molar-refractivity contribution in [1.29, 1.82) is 0 Å². The van der Waals surface area contributed by atoms with Crippen LogP contribution in [0, 0.1) is 5.92 Å². The van der Waals surface area contributed by atoms with Crippen molar-refractivity contribution in [3.05, 3.63) is 35.9 Å². The minimum absolute atomic E-state index is 0.0116. The average molecular weight is 458 g/mol. The second-order valence-electron chi connectivity index (χ2n) is 9.61. The first-order chi connectivity index (χ1) is 15.8. The summed E-state index contributed by atoms with van der Waals surface area (Å²) in [6.07, 6.45) is 1.94. The van der Waals surface area contributed by atoms with Gasteiger partial charge in [0.05, 0.1) is 19.2 Å². The molecule has 3 aliphatic heterocycles. The van der Waals surface area contributed by atoms with Crippen molar-refractivity contribution in [1.82, 2.24) is 25.1 Å². The van der Waals surface area contributed by atoms with E-state index in [1.165, 1.54) is 0 Å². The summed E-state index contributed by atoms with van der Waals surface area (Å²) in [7, 11) is 1.75. The highest BCUT2D eigenvalue weighted by Crippen LogP contribution is 2.29. The van der Waals surface area contributed by atoms with Crippen LogP contribution in [0.5, 0.6) is 0 Å². The number of hydrazine groups is 1. The summed E-state index contributed by atoms with van der Waals surface area (Å²) in [6.45, 7) is 6.03. The molecule has 3 saturated heterocycles. The number of hydrogen-bond acceptors (Lipinski definition) is 5. The Morgan fingerprint density at radius 3 is 2.64 bits per heavy atom. The van der Waals surface area contributed by atoms with Crippen LogP contribution in [0.4, 0.5) is 4.79 Å². The summed E-state index contributed by atoms with van der Waals surface area (Å²) in [5.74, 6) is 0.0680. The van der Waals surface area contributed by atoms with E-state index in [0.29, 0.717) is 26.1 Å². The van der Waals surface area contributed by atoms with E-state index in [9.17, 15) is 14.4 Å². The van der Waals surface area contributed by atoms with E-state index in [1.54, 1.807) is 26.9 Å². The number of carbonyl (C=O) groups excluding carboxylic acids is 3. The predicted molar refractivity (Wildman–Crippen MR) is 123 cm³/mol. The highest BCUT2D eigenvalue weighted by atomic mass is 16.5. The van der Waals surface area contributed by atoms with Crippen LogP contribution >= 0.6 is 0 Å². The van der Waals surface area contributed by atoms with Crippen LogP contribution in [0.25, 0.3) is 0 Å². The zero-order valence-electron chi connectivity index (χ0n) is 19.8. The molecule has 0 spiro atoms. The highest BCUT2D eigenvalue weighted by molar-refractivity contribution is 5.91. The minimum atomic E-state index is -0.573. The largest absolute Gasteiger partial charge is 0.376 e. The van der Waals surface area contributed by atoms with E-state index in [2.05, 4.69) is 5.32 Å². The first-order valence-corrected chi connectivity index (χ1v) is 11.9. The summed E-state index contributed by atoms with van der Waals surface area (Å²) in [6, 6.07) is 8.86. The molecule has 3 aliphatic rings. The van der Waals surface area contributed by atoms with Crippen LogP contribution in [0.1, 0.15) is 38.7 Å². The van der Waals surface area contributed by atoms with Gasteiger partial charge in [-0.25, -0.2) is 14.8 Å². The predicted octanol–water partition coefficient (Wildman–Crippen LogP) is 1.65. The van der Waals surface area contributed by atoms with Gasteiger partial charge >= 0.3 is 6.03 Å². The maximum Gasteiger partial charge on any atom is 0.334 e. The van der Waals surface area contributed by atoms with Gasteiger partial charge in [0.25, 0.3) is 0 Å². The molecular formula is C24H35N5O4. The van der Waals surface area contributed by atoms with Crippen LogP contribution in [0.2, 0.25) is 0 Å². The first-order valence-electron chi connectivity index (χ1n) is 11.9. The topological polar surface area (TPSA) is 85.4 Å². The molecule has 0 radical (unpaired) electrons. The van der Waals surface area contributed by atoms with E-state index < -0.39 is 12.2 Å². The van der Waals surface area contributed by atoms with Crippen LogP contribution in [0.3, 0.4) is 0 Å². The zero-order valence-corrected chi connectivity index (χ0v) is 19.8. The number of rotatable bonds is 6. The number of piperazine rings is 1. The Balaban J connectivity index is 1.57. The van der Waals surface area contributed by atoms with Crippen molar-refractivity contribution < 1.29 is 19.1 Å². The van der Waals surface area contributed by atoms with E-state index >= 15 is 0 Å². The molecule has 0 aromatic heterocycles. The van der Waals surface area contributed by atoms with E-state index in [0.717, 1.165) is 18.4 Å². The molecule has 3 fully saturated rings. The number of amides is 4. The second kappa shape index (κ2) is 10.1. The molecule has 9 nitrogen and oxygen atoms in total. The summed E-state index contributed by atoms with van der Waals surface area (Å²) in [5, 5.41) is 6.25. The Kier molecular flexibility index (Phi) is 7.19. The van der Waals surface area contributed by atoms with Gasteiger partial charge in [0.1, 0.15) is 12.2 Å². The van der Waals surface area contributed by atoms with E-state index in [1.807, 2.05) is 44.2 Å².